The third-order valence-electron chi connectivity index (χ3n) is 4.85. The molecule has 2 aromatic rings. The normalized spacial score (nSPS) is 17.4. The molecule has 1 aliphatic rings. The monoisotopic (exact) mass is 454 g/mol. The van der Waals surface area contributed by atoms with E-state index in [1.807, 2.05) is 0 Å². The molecular weight excluding hydrogens is 435 g/mol. The quantitative estimate of drug-likeness (QED) is 0.700. The number of carbonyl (C=O) groups excluding carboxylic acids is 2. The van der Waals surface area contributed by atoms with Gasteiger partial charge in [0.1, 0.15) is 5.82 Å². The molecule has 1 atom stereocenters. The van der Waals surface area contributed by atoms with E-state index in [2.05, 4.69) is 10.1 Å². The van der Waals surface area contributed by atoms with Crippen molar-refractivity contribution >= 4 is 39.2 Å². The van der Waals surface area contributed by atoms with Gasteiger partial charge in [0.2, 0.25) is 15.9 Å². The van der Waals surface area contributed by atoms with Gasteiger partial charge in [0.25, 0.3) is 0 Å². The molecule has 1 saturated heterocycles. The van der Waals surface area contributed by atoms with Crippen molar-refractivity contribution in [2.45, 2.75) is 17.7 Å². The van der Waals surface area contributed by atoms with Crippen molar-refractivity contribution in [2.24, 2.45) is 5.92 Å². The van der Waals surface area contributed by atoms with Crippen molar-refractivity contribution in [1.29, 1.82) is 0 Å². The molecule has 1 amide bonds. The second kappa shape index (κ2) is 9.11. The third kappa shape index (κ3) is 4.80. The molecule has 1 aliphatic heterocycles. The molecular formula is C20H20ClFN2O5S. The Hall–Kier alpha value is -2.49. The number of carbonyl (C=O) groups is 2. The average molecular weight is 455 g/mol. The Morgan fingerprint density at radius 1 is 1.20 bits per heavy atom. The van der Waals surface area contributed by atoms with Gasteiger partial charge in [-0.05, 0) is 55.3 Å². The van der Waals surface area contributed by atoms with E-state index in [0.717, 1.165) is 12.1 Å². The number of sulfonamides is 1. The molecule has 2 aromatic carbocycles. The van der Waals surface area contributed by atoms with Crippen LogP contribution in [0.25, 0.3) is 0 Å². The third-order valence-corrected chi connectivity index (χ3v) is 7.05. The lowest BCUT2D eigenvalue weighted by molar-refractivity contribution is -0.120. The van der Waals surface area contributed by atoms with Gasteiger partial charge < -0.3 is 10.1 Å². The largest absolute Gasteiger partial charge is 0.465 e. The van der Waals surface area contributed by atoms with Crippen LogP contribution in [-0.2, 0) is 19.6 Å². The zero-order chi connectivity index (χ0) is 21.9. The summed E-state index contributed by atoms with van der Waals surface area (Å²) >= 11 is 5.98. The van der Waals surface area contributed by atoms with Crippen LogP contribution in [0.5, 0.6) is 0 Å². The highest BCUT2D eigenvalue weighted by molar-refractivity contribution is 7.89. The first-order valence-electron chi connectivity index (χ1n) is 9.17. The maximum absolute atomic E-state index is 13.1. The molecule has 30 heavy (non-hydrogen) atoms. The van der Waals surface area contributed by atoms with Crippen LogP contribution in [-0.4, -0.2) is 44.8 Å². The smallest absolute Gasteiger partial charge is 0.339 e. The van der Waals surface area contributed by atoms with Gasteiger partial charge in [-0.15, -0.1) is 0 Å². The van der Waals surface area contributed by atoms with Gasteiger partial charge in [0.05, 0.1) is 28.5 Å². The minimum Gasteiger partial charge on any atom is -0.465 e. The number of piperidine rings is 1. The van der Waals surface area contributed by atoms with Crippen molar-refractivity contribution in [2.75, 3.05) is 25.5 Å². The van der Waals surface area contributed by atoms with Crippen LogP contribution in [0.4, 0.5) is 10.1 Å². The summed E-state index contributed by atoms with van der Waals surface area (Å²) in [7, 11) is -2.61. The van der Waals surface area contributed by atoms with Crippen molar-refractivity contribution in [3.63, 3.8) is 0 Å². The number of anilines is 1. The Bertz CT molecular complexity index is 1060. The van der Waals surface area contributed by atoms with Gasteiger partial charge in [-0.25, -0.2) is 17.6 Å². The Labute approximate surface area is 178 Å². The summed E-state index contributed by atoms with van der Waals surface area (Å²) in [6, 6.07) is 8.99. The van der Waals surface area contributed by atoms with Crippen molar-refractivity contribution in [3.8, 4) is 0 Å². The van der Waals surface area contributed by atoms with E-state index >= 15 is 0 Å². The molecule has 7 nitrogen and oxygen atoms in total. The van der Waals surface area contributed by atoms with Crippen LogP contribution in [0.1, 0.15) is 23.2 Å². The molecule has 0 radical (unpaired) electrons. The predicted octanol–water partition coefficient (Wildman–Crippen LogP) is 3.31. The zero-order valence-corrected chi connectivity index (χ0v) is 17.7. The molecule has 1 fully saturated rings. The number of nitrogens with one attached hydrogen (secondary N) is 1. The number of esters is 1. The lowest BCUT2D eigenvalue weighted by Crippen LogP contribution is -2.43. The van der Waals surface area contributed by atoms with E-state index in [-0.39, 0.29) is 34.5 Å². The van der Waals surface area contributed by atoms with E-state index in [1.54, 1.807) is 6.07 Å². The number of amides is 1. The molecule has 0 spiro atoms. The lowest BCUT2D eigenvalue weighted by Gasteiger charge is -2.31. The van der Waals surface area contributed by atoms with Crippen molar-refractivity contribution in [1.82, 2.24) is 4.31 Å². The molecule has 160 valence electrons. The summed E-state index contributed by atoms with van der Waals surface area (Å²) in [6.45, 7) is 0.278. The van der Waals surface area contributed by atoms with E-state index < -0.39 is 27.7 Å². The van der Waals surface area contributed by atoms with E-state index in [9.17, 15) is 22.4 Å². The number of hydrogen-bond acceptors (Lipinski definition) is 5. The van der Waals surface area contributed by atoms with Gasteiger partial charge in [0, 0.05) is 18.8 Å². The number of benzene rings is 2. The fourth-order valence-electron chi connectivity index (χ4n) is 3.24. The standard InChI is InChI=1S/C20H20ClFN2O5S/c1-29-20(26)17-11-15(6-9-18(17)21)23-19(25)13-3-2-10-24(12-13)30(27,28)16-7-4-14(22)5-8-16/h4-9,11,13H,2-3,10,12H2,1H3,(H,23,25)/t13-/m0/s1. The molecule has 0 bridgehead atoms. The number of halogens is 2. The minimum absolute atomic E-state index is 0.00297. The highest BCUT2D eigenvalue weighted by Crippen LogP contribution is 2.26. The summed E-state index contributed by atoms with van der Waals surface area (Å²) in [5.74, 6) is -2.11. The van der Waals surface area contributed by atoms with Gasteiger partial charge in [-0.1, -0.05) is 11.6 Å². The number of nitrogens with zero attached hydrogens (tertiary/aromatic N) is 1. The molecule has 0 unspecified atom stereocenters. The van der Waals surface area contributed by atoms with Crippen LogP contribution < -0.4 is 5.32 Å². The first-order valence-corrected chi connectivity index (χ1v) is 11.0. The van der Waals surface area contributed by atoms with E-state index in [4.69, 9.17) is 11.6 Å². The highest BCUT2D eigenvalue weighted by Gasteiger charge is 2.33. The molecule has 1 N–H and O–H groups in total. The number of rotatable bonds is 5. The van der Waals surface area contributed by atoms with Crippen molar-refractivity contribution in [3.05, 3.63) is 58.9 Å². The summed E-state index contributed by atoms with van der Waals surface area (Å²) in [6.07, 6.45) is 1.02. The molecule has 0 aromatic heterocycles. The number of ether oxygens (including phenoxy) is 1. The molecule has 0 saturated carbocycles. The highest BCUT2D eigenvalue weighted by atomic mass is 35.5. The summed E-state index contributed by atoms with van der Waals surface area (Å²) < 4.78 is 44.7. The Morgan fingerprint density at radius 2 is 1.90 bits per heavy atom. The van der Waals surface area contributed by atoms with Crippen LogP contribution in [0.15, 0.2) is 47.4 Å². The van der Waals surface area contributed by atoms with Gasteiger partial charge in [-0.3, -0.25) is 4.79 Å². The molecule has 10 heteroatoms. The molecule has 0 aliphatic carbocycles. The predicted molar refractivity (Wildman–Crippen MR) is 109 cm³/mol. The van der Waals surface area contributed by atoms with E-state index in [1.165, 1.54) is 35.7 Å². The number of hydrogen-bond donors (Lipinski definition) is 1. The Kier molecular flexibility index (Phi) is 6.74. The van der Waals surface area contributed by atoms with Gasteiger partial charge >= 0.3 is 5.97 Å². The second-order valence-electron chi connectivity index (χ2n) is 6.83. The minimum atomic E-state index is -3.84. The summed E-state index contributed by atoms with van der Waals surface area (Å²) in [5, 5.41) is 2.89. The fraction of sp³-hybridized carbons (Fsp3) is 0.300. The molecule has 3 rings (SSSR count). The van der Waals surface area contributed by atoms with Crippen LogP contribution in [0, 0.1) is 11.7 Å². The topological polar surface area (TPSA) is 92.8 Å². The fourth-order valence-corrected chi connectivity index (χ4v) is 4.96. The van der Waals surface area contributed by atoms with Gasteiger partial charge in [-0.2, -0.15) is 4.31 Å². The Morgan fingerprint density at radius 3 is 2.57 bits per heavy atom. The van der Waals surface area contributed by atoms with Crippen LogP contribution in [0.2, 0.25) is 5.02 Å². The van der Waals surface area contributed by atoms with Gasteiger partial charge in [0.15, 0.2) is 0 Å². The Balaban J connectivity index is 1.73. The first kappa shape index (κ1) is 22.2. The van der Waals surface area contributed by atoms with E-state index in [0.29, 0.717) is 18.5 Å². The summed E-state index contributed by atoms with van der Waals surface area (Å²) in [4.78, 5) is 24.5. The first-order chi connectivity index (χ1) is 14.2. The van der Waals surface area contributed by atoms with Crippen molar-refractivity contribution < 1.29 is 27.1 Å². The SMILES string of the molecule is COC(=O)c1cc(NC(=O)[C@H]2CCCN(S(=O)(=O)c3ccc(F)cc3)C2)ccc1Cl. The van der Waals surface area contributed by atoms with Crippen LogP contribution in [0.3, 0.4) is 0 Å². The number of methoxy groups -OCH3 is 1. The second-order valence-corrected chi connectivity index (χ2v) is 9.18. The average Bonchev–Trinajstić information content (AvgIpc) is 2.75. The lowest BCUT2D eigenvalue weighted by atomic mass is 9.98. The molecule has 1 heterocycles. The van der Waals surface area contributed by atoms with Crippen LogP contribution >= 0.6 is 11.6 Å². The maximum Gasteiger partial charge on any atom is 0.339 e. The summed E-state index contributed by atoms with van der Waals surface area (Å²) in [5.41, 5.74) is 0.462. The maximum atomic E-state index is 13.1. The zero-order valence-electron chi connectivity index (χ0n) is 16.1.